The van der Waals surface area contributed by atoms with Crippen LogP contribution in [0, 0.1) is 5.92 Å². The molecule has 0 spiro atoms. The van der Waals surface area contributed by atoms with Crippen LogP contribution >= 0.6 is 0 Å². The first kappa shape index (κ1) is 12.6. The third-order valence-electron chi connectivity index (χ3n) is 3.96. The van der Waals surface area contributed by atoms with E-state index in [0.29, 0.717) is 5.92 Å². The van der Waals surface area contributed by atoms with E-state index in [4.69, 9.17) is 0 Å². The lowest BCUT2D eigenvalue weighted by atomic mass is 9.80. The Balaban J connectivity index is 1.94. The Labute approximate surface area is 104 Å². The number of hydrogen-bond acceptors (Lipinski definition) is 2. The first-order valence-corrected chi connectivity index (χ1v) is 7.08. The predicted octanol–water partition coefficient (Wildman–Crippen LogP) is 3.20. The SMILES string of the molecule is CCNCc1cnc(C2CCCC(CC)C2)[nH]1. The molecule has 1 heterocycles. The number of H-pyrrole nitrogens is 1. The van der Waals surface area contributed by atoms with Gasteiger partial charge in [0.1, 0.15) is 5.82 Å². The van der Waals surface area contributed by atoms with Crippen molar-refractivity contribution < 1.29 is 0 Å². The van der Waals surface area contributed by atoms with Crippen LogP contribution < -0.4 is 5.32 Å². The van der Waals surface area contributed by atoms with E-state index in [1.54, 1.807) is 0 Å². The number of aromatic amines is 1. The monoisotopic (exact) mass is 235 g/mol. The minimum absolute atomic E-state index is 0.670. The molecule has 2 N–H and O–H groups in total. The number of aromatic nitrogens is 2. The van der Waals surface area contributed by atoms with E-state index >= 15 is 0 Å². The summed E-state index contributed by atoms with van der Waals surface area (Å²) in [7, 11) is 0. The van der Waals surface area contributed by atoms with Gasteiger partial charge in [0.05, 0.1) is 0 Å². The Morgan fingerprint density at radius 3 is 3.06 bits per heavy atom. The molecule has 1 saturated carbocycles. The molecule has 2 rings (SSSR count). The largest absolute Gasteiger partial charge is 0.345 e. The molecule has 1 fully saturated rings. The highest BCUT2D eigenvalue weighted by atomic mass is 15.0. The Bertz CT molecular complexity index is 332. The molecule has 1 aromatic rings. The molecule has 3 heteroatoms. The first-order valence-electron chi connectivity index (χ1n) is 7.08. The average Bonchev–Trinajstić information content (AvgIpc) is 2.85. The molecular formula is C14H25N3. The molecule has 0 saturated heterocycles. The zero-order chi connectivity index (χ0) is 12.1. The van der Waals surface area contributed by atoms with Crippen LogP contribution in [-0.2, 0) is 6.54 Å². The fourth-order valence-electron chi connectivity index (χ4n) is 2.84. The van der Waals surface area contributed by atoms with Crippen LogP contribution in [0.15, 0.2) is 6.20 Å². The van der Waals surface area contributed by atoms with Crippen LogP contribution in [0.5, 0.6) is 0 Å². The van der Waals surface area contributed by atoms with E-state index in [1.165, 1.54) is 43.6 Å². The number of hydrogen-bond donors (Lipinski definition) is 2. The summed E-state index contributed by atoms with van der Waals surface area (Å²) in [5.74, 6) is 2.80. The van der Waals surface area contributed by atoms with Crippen LogP contribution in [0.25, 0.3) is 0 Å². The Morgan fingerprint density at radius 1 is 1.41 bits per heavy atom. The molecule has 0 aliphatic heterocycles. The fraction of sp³-hybridized carbons (Fsp3) is 0.786. The summed E-state index contributed by atoms with van der Waals surface area (Å²) in [4.78, 5) is 8.05. The zero-order valence-corrected chi connectivity index (χ0v) is 11.1. The van der Waals surface area contributed by atoms with Gasteiger partial charge in [-0.05, 0) is 25.3 Å². The van der Waals surface area contributed by atoms with Crippen LogP contribution in [0.1, 0.15) is 63.4 Å². The minimum Gasteiger partial charge on any atom is -0.345 e. The lowest BCUT2D eigenvalue weighted by molar-refractivity contribution is 0.308. The molecule has 1 aromatic heterocycles. The molecule has 17 heavy (non-hydrogen) atoms. The van der Waals surface area contributed by atoms with E-state index in [1.807, 2.05) is 6.20 Å². The van der Waals surface area contributed by atoms with Crippen LogP contribution in [0.2, 0.25) is 0 Å². The van der Waals surface area contributed by atoms with Crippen molar-refractivity contribution in [2.75, 3.05) is 6.54 Å². The first-order chi connectivity index (χ1) is 8.33. The molecule has 0 bridgehead atoms. The van der Waals surface area contributed by atoms with Gasteiger partial charge >= 0.3 is 0 Å². The molecule has 96 valence electrons. The third-order valence-corrected chi connectivity index (χ3v) is 3.96. The van der Waals surface area contributed by atoms with Gasteiger partial charge in [0, 0.05) is 24.4 Å². The summed E-state index contributed by atoms with van der Waals surface area (Å²) in [6.45, 7) is 6.36. The van der Waals surface area contributed by atoms with Gasteiger partial charge < -0.3 is 10.3 Å². The third kappa shape index (κ3) is 3.32. The smallest absolute Gasteiger partial charge is 0.109 e. The lowest BCUT2D eigenvalue weighted by Crippen LogP contribution is -2.15. The van der Waals surface area contributed by atoms with Crippen molar-refractivity contribution in [3.8, 4) is 0 Å². The number of rotatable bonds is 5. The molecule has 3 nitrogen and oxygen atoms in total. The molecule has 1 aliphatic carbocycles. The van der Waals surface area contributed by atoms with Crippen molar-refractivity contribution in [2.45, 2.75) is 58.4 Å². The highest BCUT2D eigenvalue weighted by Gasteiger charge is 2.23. The molecule has 2 unspecified atom stereocenters. The van der Waals surface area contributed by atoms with Gasteiger partial charge in [-0.2, -0.15) is 0 Å². The summed E-state index contributed by atoms with van der Waals surface area (Å²) in [6.07, 6.45) is 8.73. The lowest BCUT2D eigenvalue weighted by Gasteiger charge is -2.27. The van der Waals surface area contributed by atoms with Crippen molar-refractivity contribution >= 4 is 0 Å². The molecule has 2 atom stereocenters. The second-order valence-corrected chi connectivity index (χ2v) is 5.21. The fourth-order valence-corrected chi connectivity index (χ4v) is 2.84. The van der Waals surface area contributed by atoms with E-state index in [-0.39, 0.29) is 0 Å². The van der Waals surface area contributed by atoms with Crippen molar-refractivity contribution in [2.24, 2.45) is 5.92 Å². The second-order valence-electron chi connectivity index (χ2n) is 5.21. The van der Waals surface area contributed by atoms with E-state index in [0.717, 1.165) is 19.0 Å². The van der Waals surface area contributed by atoms with Gasteiger partial charge in [-0.1, -0.05) is 33.1 Å². The Morgan fingerprint density at radius 2 is 2.29 bits per heavy atom. The zero-order valence-electron chi connectivity index (χ0n) is 11.1. The van der Waals surface area contributed by atoms with Crippen LogP contribution in [0.3, 0.4) is 0 Å². The van der Waals surface area contributed by atoms with Crippen LogP contribution in [0.4, 0.5) is 0 Å². The molecule has 0 radical (unpaired) electrons. The minimum atomic E-state index is 0.670. The summed E-state index contributed by atoms with van der Waals surface area (Å²) in [6, 6.07) is 0. The normalized spacial score (nSPS) is 25.1. The summed E-state index contributed by atoms with van der Waals surface area (Å²) >= 11 is 0. The van der Waals surface area contributed by atoms with Crippen LogP contribution in [-0.4, -0.2) is 16.5 Å². The van der Waals surface area contributed by atoms with Gasteiger partial charge in [-0.3, -0.25) is 0 Å². The number of nitrogens with zero attached hydrogens (tertiary/aromatic N) is 1. The van der Waals surface area contributed by atoms with Gasteiger partial charge in [0.2, 0.25) is 0 Å². The second kappa shape index (κ2) is 6.20. The Kier molecular flexibility index (Phi) is 4.60. The quantitative estimate of drug-likeness (QED) is 0.823. The summed E-state index contributed by atoms with van der Waals surface area (Å²) in [5, 5.41) is 3.33. The predicted molar refractivity (Wildman–Crippen MR) is 71.0 cm³/mol. The van der Waals surface area contributed by atoms with E-state index in [2.05, 4.69) is 29.1 Å². The van der Waals surface area contributed by atoms with Gasteiger partial charge in [-0.15, -0.1) is 0 Å². The highest BCUT2D eigenvalue weighted by Crippen LogP contribution is 2.36. The van der Waals surface area contributed by atoms with E-state index in [9.17, 15) is 0 Å². The molecular weight excluding hydrogens is 210 g/mol. The Hall–Kier alpha value is -0.830. The molecule has 1 aliphatic rings. The van der Waals surface area contributed by atoms with Crippen molar-refractivity contribution in [3.05, 3.63) is 17.7 Å². The topological polar surface area (TPSA) is 40.7 Å². The molecule has 0 amide bonds. The average molecular weight is 235 g/mol. The van der Waals surface area contributed by atoms with Gasteiger partial charge in [0.15, 0.2) is 0 Å². The van der Waals surface area contributed by atoms with Gasteiger partial charge in [-0.25, -0.2) is 4.98 Å². The van der Waals surface area contributed by atoms with Gasteiger partial charge in [0.25, 0.3) is 0 Å². The van der Waals surface area contributed by atoms with Crippen molar-refractivity contribution in [3.63, 3.8) is 0 Å². The summed E-state index contributed by atoms with van der Waals surface area (Å²) in [5.41, 5.74) is 1.22. The number of nitrogens with one attached hydrogen (secondary N) is 2. The maximum atomic E-state index is 4.57. The maximum Gasteiger partial charge on any atom is 0.109 e. The highest BCUT2D eigenvalue weighted by molar-refractivity contribution is 5.06. The maximum absolute atomic E-state index is 4.57. The molecule has 0 aromatic carbocycles. The standard InChI is InChI=1S/C14H25N3/c1-3-11-6-5-7-12(8-11)14-16-10-13(17-14)9-15-4-2/h10-12,15H,3-9H2,1-2H3,(H,16,17). The number of imidazole rings is 1. The van der Waals surface area contributed by atoms with Crippen molar-refractivity contribution in [1.82, 2.24) is 15.3 Å². The van der Waals surface area contributed by atoms with E-state index < -0.39 is 0 Å². The van der Waals surface area contributed by atoms with Crippen molar-refractivity contribution in [1.29, 1.82) is 0 Å². The summed E-state index contributed by atoms with van der Waals surface area (Å²) < 4.78 is 0.